The van der Waals surface area contributed by atoms with Gasteiger partial charge in [-0.1, -0.05) is 0 Å². The molecular formula is C7H12N2O. The van der Waals surface area contributed by atoms with Crippen molar-refractivity contribution >= 4 is 0 Å². The highest BCUT2D eigenvalue weighted by molar-refractivity contribution is 4.80. The molecule has 10 heavy (non-hydrogen) atoms. The molecule has 0 aromatic heterocycles. The van der Waals surface area contributed by atoms with Gasteiger partial charge in [0.1, 0.15) is 0 Å². The molecule has 0 aliphatic carbocycles. The van der Waals surface area contributed by atoms with Gasteiger partial charge in [0, 0.05) is 18.6 Å². The number of ether oxygens (including phenoxy) is 1. The van der Waals surface area contributed by atoms with Gasteiger partial charge in [0.25, 0.3) is 0 Å². The smallest absolute Gasteiger partial charge is 0.176 e. The van der Waals surface area contributed by atoms with E-state index in [1.54, 1.807) is 0 Å². The molecule has 2 unspecified atom stereocenters. The molecule has 0 saturated carbocycles. The Balaban J connectivity index is 2.26. The molecule has 1 saturated heterocycles. The average Bonchev–Trinajstić information content (AvgIpc) is 2.38. The van der Waals surface area contributed by atoms with E-state index in [-0.39, 0.29) is 6.04 Å². The normalized spacial score (nSPS) is 27.4. The van der Waals surface area contributed by atoms with Gasteiger partial charge in [0.15, 0.2) is 6.19 Å². The summed E-state index contributed by atoms with van der Waals surface area (Å²) in [5.41, 5.74) is 0. The maximum Gasteiger partial charge on any atom is 0.176 e. The van der Waals surface area contributed by atoms with E-state index >= 15 is 0 Å². The van der Waals surface area contributed by atoms with E-state index in [1.165, 1.54) is 0 Å². The fraction of sp³-hybridized carbons (Fsp3) is 0.857. The van der Waals surface area contributed by atoms with Gasteiger partial charge in [-0.2, -0.15) is 5.26 Å². The molecule has 1 aliphatic heterocycles. The Labute approximate surface area is 61.0 Å². The van der Waals surface area contributed by atoms with Crippen LogP contribution in [0.25, 0.3) is 0 Å². The summed E-state index contributed by atoms with van der Waals surface area (Å²) in [5.74, 6) is 0.527. The summed E-state index contributed by atoms with van der Waals surface area (Å²) in [5, 5.41) is 11.0. The van der Waals surface area contributed by atoms with E-state index < -0.39 is 0 Å². The minimum absolute atomic E-state index is 0.271. The first-order valence-corrected chi connectivity index (χ1v) is 3.57. The van der Waals surface area contributed by atoms with E-state index in [1.807, 2.05) is 13.1 Å². The summed E-state index contributed by atoms with van der Waals surface area (Å²) in [6, 6.07) is 0.271. The minimum Gasteiger partial charge on any atom is -0.381 e. The van der Waals surface area contributed by atoms with E-state index in [9.17, 15) is 0 Å². The Hall–Kier alpha value is -0.750. The minimum atomic E-state index is 0.271. The van der Waals surface area contributed by atoms with E-state index in [0.717, 1.165) is 19.6 Å². The molecule has 0 spiro atoms. The number of rotatable bonds is 2. The van der Waals surface area contributed by atoms with Crippen LogP contribution >= 0.6 is 0 Å². The molecule has 0 bridgehead atoms. The number of nitrogens with zero attached hydrogens (tertiary/aromatic N) is 1. The average molecular weight is 140 g/mol. The van der Waals surface area contributed by atoms with Crippen LogP contribution in [0.1, 0.15) is 13.3 Å². The Bertz CT molecular complexity index is 135. The van der Waals surface area contributed by atoms with Crippen molar-refractivity contribution in [3.05, 3.63) is 0 Å². The lowest BCUT2D eigenvalue weighted by molar-refractivity contribution is 0.180. The molecule has 1 rings (SSSR count). The summed E-state index contributed by atoms with van der Waals surface area (Å²) in [6.07, 6.45) is 3.02. The summed E-state index contributed by atoms with van der Waals surface area (Å²) >= 11 is 0. The second kappa shape index (κ2) is 3.43. The van der Waals surface area contributed by atoms with Gasteiger partial charge < -0.3 is 10.1 Å². The molecule has 0 aromatic carbocycles. The van der Waals surface area contributed by atoms with Crippen molar-refractivity contribution in [2.45, 2.75) is 19.4 Å². The lowest BCUT2D eigenvalue weighted by Gasteiger charge is -2.14. The molecule has 3 nitrogen and oxygen atoms in total. The van der Waals surface area contributed by atoms with Crippen molar-refractivity contribution in [3.8, 4) is 6.19 Å². The number of nitrogens with one attached hydrogen (secondary N) is 1. The predicted molar refractivity (Wildman–Crippen MR) is 37.1 cm³/mol. The SMILES string of the molecule is CC(NC#N)C1CCOC1. The van der Waals surface area contributed by atoms with Crippen LogP contribution in [0.5, 0.6) is 0 Å². The zero-order valence-corrected chi connectivity index (χ0v) is 6.13. The highest BCUT2D eigenvalue weighted by Gasteiger charge is 2.21. The second-order valence-electron chi connectivity index (χ2n) is 2.67. The summed E-state index contributed by atoms with van der Waals surface area (Å²) in [6.45, 7) is 3.67. The first-order chi connectivity index (χ1) is 4.84. The first kappa shape index (κ1) is 7.36. The molecule has 3 heteroatoms. The Morgan fingerprint density at radius 2 is 2.60 bits per heavy atom. The fourth-order valence-electron chi connectivity index (χ4n) is 1.17. The number of hydrogen-bond acceptors (Lipinski definition) is 3. The van der Waals surface area contributed by atoms with Crippen molar-refractivity contribution in [1.82, 2.24) is 5.32 Å². The Morgan fingerprint density at radius 1 is 1.80 bits per heavy atom. The summed E-state index contributed by atoms with van der Waals surface area (Å²) in [4.78, 5) is 0. The largest absolute Gasteiger partial charge is 0.381 e. The monoisotopic (exact) mass is 140 g/mol. The number of hydrogen-bond donors (Lipinski definition) is 1. The standard InChI is InChI=1S/C7H12N2O/c1-6(9-5-8)7-2-3-10-4-7/h6-7,9H,2-4H2,1H3. The molecule has 0 radical (unpaired) electrons. The zero-order chi connectivity index (χ0) is 7.40. The van der Waals surface area contributed by atoms with Crippen molar-refractivity contribution in [2.75, 3.05) is 13.2 Å². The van der Waals surface area contributed by atoms with E-state index in [4.69, 9.17) is 10.00 Å². The predicted octanol–water partition coefficient (Wildman–Crippen LogP) is 0.482. The summed E-state index contributed by atoms with van der Waals surface area (Å²) in [7, 11) is 0. The molecule has 1 N–H and O–H groups in total. The van der Waals surface area contributed by atoms with Gasteiger partial charge in [-0.3, -0.25) is 0 Å². The molecule has 1 heterocycles. The fourth-order valence-corrected chi connectivity index (χ4v) is 1.17. The summed E-state index contributed by atoms with van der Waals surface area (Å²) < 4.78 is 5.18. The molecular weight excluding hydrogens is 128 g/mol. The van der Waals surface area contributed by atoms with Gasteiger partial charge in [-0.25, -0.2) is 0 Å². The molecule has 1 fully saturated rings. The zero-order valence-electron chi connectivity index (χ0n) is 6.13. The third-order valence-electron chi connectivity index (χ3n) is 1.96. The molecule has 0 aromatic rings. The van der Waals surface area contributed by atoms with E-state index in [2.05, 4.69) is 5.32 Å². The molecule has 1 aliphatic rings. The lowest BCUT2D eigenvalue weighted by Crippen LogP contribution is -2.30. The van der Waals surface area contributed by atoms with Crippen LogP contribution in [0.3, 0.4) is 0 Å². The lowest BCUT2D eigenvalue weighted by atomic mass is 10.0. The topological polar surface area (TPSA) is 45.0 Å². The van der Waals surface area contributed by atoms with Gasteiger partial charge in [0.2, 0.25) is 0 Å². The van der Waals surface area contributed by atoms with Crippen LogP contribution in [-0.4, -0.2) is 19.3 Å². The van der Waals surface area contributed by atoms with Crippen molar-refractivity contribution in [3.63, 3.8) is 0 Å². The van der Waals surface area contributed by atoms with E-state index in [0.29, 0.717) is 5.92 Å². The van der Waals surface area contributed by atoms with Gasteiger partial charge in [-0.15, -0.1) is 0 Å². The second-order valence-corrected chi connectivity index (χ2v) is 2.67. The van der Waals surface area contributed by atoms with Crippen LogP contribution in [-0.2, 0) is 4.74 Å². The van der Waals surface area contributed by atoms with Crippen LogP contribution < -0.4 is 5.32 Å². The maximum atomic E-state index is 8.30. The quantitative estimate of drug-likeness (QED) is 0.448. The molecule has 0 amide bonds. The van der Waals surface area contributed by atoms with Gasteiger partial charge in [-0.05, 0) is 13.3 Å². The molecule has 2 atom stereocenters. The van der Waals surface area contributed by atoms with Crippen LogP contribution in [0, 0.1) is 17.4 Å². The first-order valence-electron chi connectivity index (χ1n) is 3.57. The van der Waals surface area contributed by atoms with Crippen molar-refractivity contribution in [2.24, 2.45) is 5.92 Å². The van der Waals surface area contributed by atoms with Gasteiger partial charge in [0.05, 0.1) is 6.61 Å². The number of nitriles is 1. The van der Waals surface area contributed by atoms with Crippen LogP contribution in [0.15, 0.2) is 0 Å². The highest BCUT2D eigenvalue weighted by Crippen LogP contribution is 2.15. The Kier molecular flexibility index (Phi) is 2.52. The maximum absolute atomic E-state index is 8.30. The molecule has 56 valence electrons. The Morgan fingerprint density at radius 3 is 3.10 bits per heavy atom. The third kappa shape index (κ3) is 1.61. The van der Waals surface area contributed by atoms with Crippen LogP contribution in [0.2, 0.25) is 0 Å². The van der Waals surface area contributed by atoms with Crippen molar-refractivity contribution in [1.29, 1.82) is 5.26 Å². The third-order valence-corrected chi connectivity index (χ3v) is 1.96. The van der Waals surface area contributed by atoms with Gasteiger partial charge >= 0.3 is 0 Å². The highest BCUT2D eigenvalue weighted by atomic mass is 16.5. The van der Waals surface area contributed by atoms with Crippen LogP contribution in [0.4, 0.5) is 0 Å². The van der Waals surface area contributed by atoms with Crippen molar-refractivity contribution < 1.29 is 4.74 Å².